The molecule has 0 aliphatic heterocycles. The highest BCUT2D eigenvalue weighted by Gasteiger charge is 2.10. The molecular formula is C20H43NO. The summed E-state index contributed by atoms with van der Waals surface area (Å²) in [4.78, 5) is 2.47. The molecule has 0 aliphatic carbocycles. The molecule has 1 unspecified atom stereocenters. The molecule has 134 valence electrons. The maximum absolute atomic E-state index is 10.2. The number of nitrogens with zero attached hydrogens (tertiary/aromatic N) is 1. The lowest BCUT2D eigenvalue weighted by molar-refractivity contribution is 0.101. The summed E-state index contributed by atoms with van der Waals surface area (Å²) in [5, 5.41) is 10.2. The Morgan fingerprint density at radius 3 is 1.59 bits per heavy atom. The van der Waals surface area contributed by atoms with Crippen LogP contribution in [0.5, 0.6) is 0 Å². The zero-order valence-electron chi connectivity index (χ0n) is 15.8. The van der Waals surface area contributed by atoms with Gasteiger partial charge in [-0.05, 0) is 32.4 Å². The van der Waals surface area contributed by atoms with Gasteiger partial charge < -0.3 is 10.0 Å². The van der Waals surface area contributed by atoms with Crippen molar-refractivity contribution in [2.45, 2.75) is 110 Å². The van der Waals surface area contributed by atoms with E-state index in [1.54, 1.807) is 0 Å². The predicted octanol–water partition coefficient (Wildman–Crippen LogP) is 5.78. The van der Waals surface area contributed by atoms with Crippen molar-refractivity contribution in [1.82, 2.24) is 4.90 Å². The van der Waals surface area contributed by atoms with Gasteiger partial charge in [-0.15, -0.1) is 0 Å². The van der Waals surface area contributed by atoms with Crippen LogP contribution in [0.25, 0.3) is 0 Å². The van der Waals surface area contributed by atoms with E-state index in [0.717, 1.165) is 26.1 Å². The Labute approximate surface area is 140 Å². The van der Waals surface area contributed by atoms with Gasteiger partial charge in [0.05, 0.1) is 6.10 Å². The summed E-state index contributed by atoms with van der Waals surface area (Å²) in [6.45, 7) is 9.96. The molecule has 0 bridgehead atoms. The van der Waals surface area contributed by atoms with Crippen LogP contribution in [0.2, 0.25) is 0 Å². The molecule has 2 nitrogen and oxygen atoms in total. The van der Waals surface area contributed by atoms with Crippen molar-refractivity contribution >= 4 is 0 Å². The summed E-state index contributed by atoms with van der Waals surface area (Å²) < 4.78 is 0. The van der Waals surface area contributed by atoms with Gasteiger partial charge >= 0.3 is 0 Å². The van der Waals surface area contributed by atoms with Gasteiger partial charge in [0.1, 0.15) is 0 Å². The van der Waals surface area contributed by atoms with E-state index in [-0.39, 0.29) is 6.10 Å². The molecule has 0 heterocycles. The second-order valence-electron chi connectivity index (χ2n) is 6.93. The molecule has 0 aromatic heterocycles. The Morgan fingerprint density at radius 1 is 0.636 bits per heavy atom. The third kappa shape index (κ3) is 14.8. The minimum absolute atomic E-state index is 0.117. The van der Waals surface area contributed by atoms with Crippen molar-refractivity contribution in [1.29, 1.82) is 0 Å². The van der Waals surface area contributed by atoms with Gasteiger partial charge in [-0.3, -0.25) is 0 Å². The molecule has 0 spiro atoms. The maximum Gasteiger partial charge on any atom is 0.0667 e. The Balaban J connectivity index is 3.59. The van der Waals surface area contributed by atoms with Gasteiger partial charge in [-0.1, -0.05) is 85.0 Å². The van der Waals surface area contributed by atoms with Crippen LogP contribution in [-0.4, -0.2) is 35.7 Å². The molecule has 22 heavy (non-hydrogen) atoms. The van der Waals surface area contributed by atoms with Crippen LogP contribution in [0.1, 0.15) is 104 Å². The van der Waals surface area contributed by atoms with Crippen molar-refractivity contribution in [2.75, 3.05) is 19.6 Å². The van der Waals surface area contributed by atoms with Crippen molar-refractivity contribution < 1.29 is 5.11 Å². The molecular weight excluding hydrogens is 270 g/mol. The van der Waals surface area contributed by atoms with E-state index >= 15 is 0 Å². The van der Waals surface area contributed by atoms with Gasteiger partial charge in [0.25, 0.3) is 0 Å². The van der Waals surface area contributed by atoms with Gasteiger partial charge in [0.2, 0.25) is 0 Å². The summed E-state index contributed by atoms with van der Waals surface area (Å²) in [6, 6.07) is 0. The Hall–Kier alpha value is -0.0800. The first-order valence-electron chi connectivity index (χ1n) is 10.1. The third-order valence-corrected chi connectivity index (χ3v) is 4.52. The second-order valence-corrected chi connectivity index (χ2v) is 6.93. The lowest BCUT2D eigenvalue weighted by Gasteiger charge is -2.24. The minimum atomic E-state index is -0.117. The Bertz CT molecular complexity index is 200. The minimum Gasteiger partial charge on any atom is -0.392 e. The molecule has 0 aromatic rings. The molecule has 1 N–H and O–H groups in total. The first-order chi connectivity index (χ1) is 10.7. The monoisotopic (exact) mass is 313 g/mol. The van der Waals surface area contributed by atoms with E-state index in [1.807, 2.05) is 0 Å². The Morgan fingerprint density at radius 2 is 1.09 bits per heavy atom. The van der Waals surface area contributed by atoms with Crippen LogP contribution < -0.4 is 0 Å². The van der Waals surface area contributed by atoms with Crippen LogP contribution in [-0.2, 0) is 0 Å². The summed E-state index contributed by atoms with van der Waals surface area (Å²) >= 11 is 0. The highest BCUT2D eigenvalue weighted by Crippen LogP contribution is 2.11. The smallest absolute Gasteiger partial charge is 0.0667 e. The number of hydrogen-bond donors (Lipinski definition) is 1. The molecule has 0 rings (SSSR count). The number of hydrogen-bond acceptors (Lipinski definition) is 2. The molecule has 2 heteroatoms. The molecule has 0 amide bonds. The zero-order chi connectivity index (χ0) is 16.5. The lowest BCUT2D eigenvalue weighted by Crippen LogP contribution is -2.34. The number of aliphatic hydroxyl groups is 1. The van der Waals surface area contributed by atoms with E-state index < -0.39 is 0 Å². The predicted molar refractivity (Wildman–Crippen MR) is 99.5 cm³/mol. The van der Waals surface area contributed by atoms with E-state index in [0.29, 0.717) is 0 Å². The fourth-order valence-corrected chi connectivity index (χ4v) is 2.96. The molecule has 0 fully saturated rings. The summed E-state index contributed by atoms with van der Waals surface area (Å²) in [6.07, 6.45) is 16.6. The lowest BCUT2D eigenvalue weighted by atomic mass is 10.1. The van der Waals surface area contributed by atoms with E-state index in [9.17, 15) is 5.11 Å². The average molecular weight is 314 g/mol. The van der Waals surface area contributed by atoms with E-state index in [4.69, 9.17) is 0 Å². The van der Waals surface area contributed by atoms with Gasteiger partial charge in [-0.25, -0.2) is 0 Å². The molecule has 0 radical (unpaired) electrons. The normalized spacial score (nSPS) is 13.0. The zero-order valence-corrected chi connectivity index (χ0v) is 15.8. The SMILES string of the molecule is CCCCCCCCCCC(O)CN(CCCC)CCCC. The van der Waals surface area contributed by atoms with Gasteiger partial charge in [0.15, 0.2) is 0 Å². The number of rotatable bonds is 17. The Kier molecular flexibility index (Phi) is 17.2. The largest absolute Gasteiger partial charge is 0.392 e. The van der Waals surface area contributed by atoms with Crippen LogP contribution in [0.3, 0.4) is 0 Å². The van der Waals surface area contributed by atoms with E-state index in [1.165, 1.54) is 77.0 Å². The van der Waals surface area contributed by atoms with Crippen LogP contribution in [0.15, 0.2) is 0 Å². The first kappa shape index (κ1) is 21.9. The standard InChI is InChI=1S/C20H43NO/c1-4-7-10-11-12-13-14-15-16-20(22)19-21(17-8-5-2)18-9-6-3/h20,22H,4-19H2,1-3H3. The number of aliphatic hydroxyl groups excluding tert-OH is 1. The molecule has 0 aliphatic rings. The van der Waals surface area contributed by atoms with Gasteiger partial charge in [0, 0.05) is 6.54 Å². The third-order valence-electron chi connectivity index (χ3n) is 4.52. The van der Waals surface area contributed by atoms with Crippen LogP contribution in [0, 0.1) is 0 Å². The van der Waals surface area contributed by atoms with Crippen LogP contribution in [0.4, 0.5) is 0 Å². The maximum atomic E-state index is 10.2. The van der Waals surface area contributed by atoms with E-state index in [2.05, 4.69) is 25.7 Å². The fourth-order valence-electron chi connectivity index (χ4n) is 2.96. The van der Waals surface area contributed by atoms with Crippen molar-refractivity contribution in [2.24, 2.45) is 0 Å². The molecule has 0 aromatic carbocycles. The fraction of sp³-hybridized carbons (Fsp3) is 1.00. The second kappa shape index (κ2) is 17.3. The topological polar surface area (TPSA) is 23.5 Å². The summed E-state index contributed by atoms with van der Waals surface area (Å²) in [7, 11) is 0. The highest BCUT2D eigenvalue weighted by atomic mass is 16.3. The van der Waals surface area contributed by atoms with Crippen molar-refractivity contribution in [3.8, 4) is 0 Å². The summed E-state index contributed by atoms with van der Waals surface area (Å²) in [5.41, 5.74) is 0. The number of unbranched alkanes of at least 4 members (excludes halogenated alkanes) is 9. The quantitative estimate of drug-likeness (QED) is 0.344. The summed E-state index contributed by atoms with van der Waals surface area (Å²) in [5.74, 6) is 0. The van der Waals surface area contributed by atoms with Crippen molar-refractivity contribution in [3.05, 3.63) is 0 Å². The van der Waals surface area contributed by atoms with Gasteiger partial charge in [-0.2, -0.15) is 0 Å². The molecule has 1 atom stereocenters. The highest BCUT2D eigenvalue weighted by molar-refractivity contribution is 4.65. The molecule has 0 saturated heterocycles. The van der Waals surface area contributed by atoms with Crippen LogP contribution >= 0.6 is 0 Å². The first-order valence-corrected chi connectivity index (χ1v) is 10.1. The van der Waals surface area contributed by atoms with Crippen molar-refractivity contribution in [3.63, 3.8) is 0 Å². The average Bonchev–Trinajstić information content (AvgIpc) is 2.52. The molecule has 0 saturated carbocycles.